The Hall–Kier alpha value is -2.16. The van der Waals surface area contributed by atoms with Gasteiger partial charge in [0.15, 0.2) is 0 Å². The van der Waals surface area contributed by atoms with Crippen LogP contribution in [0, 0.1) is 6.92 Å². The number of hydrogen-bond acceptors (Lipinski definition) is 3. The van der Waals surface area contributed by atoms with Gasteiger partial charge in [0.25, 0.3) is 0 Å². The topological polar surface area (TPSA) is 39.2 Å². The molecule has 0 aliphatic carbocycles. The van der Waals surface area contributed by atoms with Crippen molar-refractivity contribution in [2.75, 3.05) is 0 Å². The third-order valence-corrected chi connectivity index (χ3v) is 2.36. The first kappa shape index (κ1) is 11.3. The van der Waals surface area contributed by atoms with Crippen molar-refractivity contribution in [1.29, 1.82) is 0 Å². The number of nitrogens with zero attached hydrogens (tertiary/aromatic N) is 1. The molecule has 0 radical (unpaired) electrons. The molecular weight excluding hydrogens is 214 g/mol. The normalized spacial score (nSPS) is 9.94. The highest BCUT2D eigenvalue weighted by atomic mass is 16.5. The van der Waals surface area contributed by atoms with Crippen LogP contribution in [-0.4, -0.2) is 11.0 Å². The maximum absolute atomic E-state index is 11.7. The van der Waals surface area contributed by atoms with E-state index in [1.807, 2.05) is 37.3 Å². The molecule has 86 valence electrons. The zero-order valence-electron chi connectivity index (χ0n) is 9.59. The van der Waals surface area contributed by atoms with Gasteiger partial charge in [-0.15, -0.1) is 0 Å². The van der Waals surface area contributed by atoms with Crippen molar-refractivity contribution >= 4 is 5.97 Å². The summed E-state index contributed by atoms with van der Waals surface area (Å²) in [6, 6.07) is 13.1. The number of rotatable bonds is 3. The maximum atomic E-state index is 11.7. The van der Waals surface area contributed by atoms with E-state index in [0.29, 0.717) is 5.56 Å². The Kier molecular flexibility index (Phi) is 3.50. The Balaban J connectivity index is 1.96. The van der Waals surface area contributed by atoms with Crippen LogP contribution in [0.4, 0.5) is 0 Å². The van der Waals surface area contributed by atoms with E-state index in [9.17, 15) is 4.79 Å². The highest BCUT2D eigenvalue weighted by Crippen LogP contribution is 2.05. The number of carbonyl (C=O) groups excluding carboxylic acids is 1. The lowest BCUT2D eigenvalue weighted by molar-refractivity contribution is 0.0472. The predicted molar refractivity (Wildman–Crippen MR) is 64.5 cm³/mol. The van der Waals surface area contributed by atoms with Gasteiger partial charge >= 0.3 is 5.97 Å². The minimum Gasteiger partial charge on any atom is -0.457 e. The molecule has 3 nitrogen and oxygen atoms in total. The van der Waals surface area contributed by atoms with E-state index in [1.54, 1.807) is 12.1 Å². The van der Waals surface area contributed by atoms with Gasteiger partial charge in [0.05, 0.1) is 5.56 Å². The molecule has 1 aromatic carbocycles. The van der Waals surface area contributed by atoms with E-state index < -0.39 is 0 Å². The van der Waals surface area contributed by atoms with Gasteiger partial charge in [0.2, 0.25) is 0 Å². The molecule has 3 heteroatoms. The predicted octanol–water partition coefficient (Wildman–Crippen LogP) is 2.75. The summed E-state index contributed by atoms with van der Waals surface area (Å²) in [6.45, 7) is 2.16. The molecule has 0 fully saturated rings. The SMILES string of the molecule is Cc1ccc(C(=O)OCc2ccccc2)cn1. The van der Waals surface area contributed by atoms with Crippen LogP contribution >= 0.6 is 0 Å². The smallest absolute Gasteiger partial charge is 0.340 e. The number of carbonyl (C=O) groups is 1. The quantitative estimate of drug-likeness (QED) is 0.757. The number of hydrogen-bond donors (Lipinski definition) is 0. The fraction of sp³-hybridized carbons (Fsp3) is 0.143. The van der Waals surface area contributed by atoms with Crippen molar-refractivity contribution in [3.8, 4) is 0 Å². The van der Waals surface area contributed by atoms with Gasteiger partial charge in [-0.05, 0) is 24.6 Å². The standard InChI is InChI=1S/C14H13NO2/c1-11-7-8-13(9-15-11)14(16)17-10-12-5-3-2-4-6-12/h2-9H,10H2,1H3. The van der Waals surface area contributed by atoms with Gasteiger partial charge in [-0.3, -0.25) is 4.98 Å². The summed E-state index contributed by atoms with van der Waals surface area (Å²) in [5, 5.41) is 0. The van der Waals surface area contributed by atoms with Gasteiger partial charge < -0.3 is 4.74 Å². The first-order chi connectivity index (χ1) is 8.25. The molecule has 17 heavy (non-hydrogen) atoms. The van der Waals surface area contributed by atoms with Crippen LogP contribution < -0.4 is 0 Å². The van der Waals surface area contributed by atoms with Crippen LogP contribution in [0.25, 0.3) is 0 Å². The van der Waals surface area contributed by atoms with Gasteiger partial charge in [-0.25, -0.2) is 4.79 Å². The first-order valence-electron chi connectivity index (χ1n) is 5.39. The average Bonchev–Trinajstić information content (AvgIpc) is 2.38. The van der Waals surface area contributed by atoms with Crippen molar-refractivity contribution in [3.63, 3.8) is 0 Å². The zero-order valence-corrected chi connectivity index (χ0v) is 9.59. The highest BCUT2D eigenvalue weighted by Gasteiger charge is 2.06. The Bertz CT molecular complexity index is 491. The van der Waals surface area contributed by atoms with Crippen LogP contribution in [0.1, 0.15) is 21.6 Å². The molecule has 1 aromatic heterocycles. The summed E-state index contributed by atoms with van der Waals surface area (Å²) in [5.74, 6) is -0.346. The van der Waals surface area contributed by atoms with Crippen LogP contribution in [0.15, 0.2) is 48.7 Å². The van der Waals surface area contributed by atoms with Crippen LogP contribution in [0.3, 0.4) is 0 Å². The van der Waals surface area contributed by atoms with Crippen molar-refractivity contribution in [1.82, 2.24) is 4.98 Å². The average molecular weight is 227 g/mol. The third kappa shape index (κ3) is 3.14. The number of benzene rings is 1. The molecule has 0 saturated heterocycles. The number of esters is 1. The Morgan fingerprint density at radius 2 is 1.94 bits per heavy atom. The second kappa shape index (κ2) is 5.25. The number of aryl methyl sites for hydroxylation is 1. The first-order valence-corrected chi connectivity index (χ1v) is 5.39. The van der Waals surface area contributed by atoms with Crippen LogP contribution in [-0.2, 0) is 11.3 Å². The van der Waals surface area contributed by atoms with E-state index in [-0.39, 0.29) is 12.6 Å². The number of aromatic nitrogens is 1. The molecule has 0 N–H and O–H groups in total. The van der Waals surface area contributed by atoms with Gasteiger partial charge in [-0.2, -0.15) is 0 Å². The molecule has 0 spiro atoms. The molecule has 0 unspecified atom stereocenters. The minimum atomic E-state index is -0.346. The molecule has 0 bridgehead atoms. The van der Waals surface area contributed by atoms with Gasteiger partial charge in [0.1, 0.15) is 6.61 Å². The van der Waals surface area contributed by atoms with E-state index in [1.165, 1.54) is 6.20 Å². The van der Waals surface area contributed by atoms with Crippen molar-refractivity contribution in [2.45, 2.75) is 13.5 Å². The van der Waals surface area contributed by atoms with E-state index in [0.717, 1.165) is 11.3 Å². The molecule has 1 heterocycles. The fourth-order valence-corrected chi connectivity index (χ4v) is 1.40. The zero-order chi connectivity index (χ0) is 12.1. The number of ether oxygens (including phenoxy) is 1. The summed E-state index contributed by atoms with van der Waals surface area (Å²) in [5.41, 5.74) is 2.33. The van der Waals surface area contributed by atoms with E-state index in [2.05, 4.69) is 4.98 Å². The summed E-state index contributed by atoms with van der Waals surface area (Å²) in [6.07, 6.45) is 1.53. The summed E-state index contributed by atoms with van der Waals surface area (Å²) >= 11 is 0. The summed E-state index contributed by atoms with van der Waals surface area (Å²) in [7, 11) is 0. The number of pyridine rings is 1. The lowest BCUT2D eigenvalue weighted by atomic mass is 10.2. The lowest BCUT2D eigenvalue weighted by Crippen LogP contribution is -2.05. The second-order valence-electron chi connectivity index (χ2n) is 3.75. The fourth-order valence-electron chi connectivity index (χ4n) is 1.40. The lowest BCUT2D eigenvalue weighted by Gasteiger charge is -2.04. The molecule has 0 atom stereocenters. The van der Waals surface area contributed by atoms with E-state index in [4.69, 9.17) is 4.74 Å². The third-order valence-electron chi connectivity index (χ3n) is 2.36. The Morgan fingerprint density at radius 1 is 1.18 bits per heavy atom. The molecule has 0 aliphatic heterocycles. The Labute approximate surface area is 100 Å². The van der Waals surface area contributed by atoms with Gasteiger partial charge in [0, 0.05) is 11.9 Å². The van der Waals surface area contributed by atoms with Crippen molar-refractivity contribution in [2.24, 2.45) is 0 Å². The maximum Gasteiger partial charge on any atom is 0.340 e. The molecule has 2 rings (SSSR count). The molecule has 0 aliphatic rings. The monoisotopic (exact) mass is 227 g/mol. The van der Waals surface area contributed by atoms with Crippen LogP contribution in [0.5, 0.6) is 0 Å². The van der Waals surface area contributed by atoms with Crippen LogP contribution in [0.2, 0.25) is 0 Å². The van der Waals surface area contributed by atoms with Crippen molar-refractivity contribution < 1.29 is 9.53 Å². The van der Waals surface area contributed by atoms with Crippen molar-refractivity contribution in [3.05, 3.63) is 65.5 Å². The van der Waals surface area contributed by atoms with E-state index >= 15 is 0 Å². The largest absolute Gasteiger partial charge is 0.457 e. The minimum absolute atomic E-state index is 0.285. The molecule has 0 amide bonds. The summed E-state index contributed by atoms with van der Waals surface area (Å²) < 4.78 is 5.18. The highest BCUT2D eigenvalue weighted by molar-refractivity contribution is 5.88. The van der Waals surface area contributed by atoms with Gasteiger partial charge in [-0.1, -0.05) is 30.3 Å². The molecule has 0 saturated carbocycles. The summed E-state index contributed by atoms with van der Waals surface area (Å²) in [4.78, 5) is 15.7. The molecular formula is C14H13NO2. The second-order valence-corrected chi connectivity index (χ2v) is 3.75. The molecule has 2 aromatic rings. The Morgan fingerprint density at radius 3 is 2.59 bits per heavy atom.